The Kier molecular flexibility index (Phi) is 25.1. The minimum absolute atomic E-state index is 0.902. The smallest absolute Gasteiger partial charge is 0.0657 e. The van der Waals surface area contributed by atoms with Gasteiger partial charge in [-0.15, -0.1) is 9.24 Å². The Morgan fingerprint density at radius 1 is 1.03 bits per heavy atom. The van der Waals surface area contributed by atoms with Crippen molar-refractivity contribution < 1.29 is 5.11 Å². The first-order chi connectivity index (χ1) is 15.3. The maximum atomic E-state index is 7.00. The SMILES string of the molecule is C=C(C)N(/N=C\C)c1cccc(P)c1.CC.CC=Nc1cc(C)ccc1C.CCC.CO. The van der Waals surface area contributed by atoms with Gasteiger partial charge in [0.05, 0.1) is 11.4 Å². The van der Waals surface area contributed by atoms with Crippen molar-refractivity contribution >= 4 is 38.3 Å². The highest BCUT2D eigenvalue weighted by Crippen LogP contribution is 2.19. The lowest BCUT2D eigenvalue weighted by atomic mass is 10.1. The van der Waals surface area contributed by atoms with Gasteiger partial charge in [0.15, 0.2) is 0 Å². The van der Waals surface area contributed by atoms with E-state index in [1.54, 1.807) is 6.21 Å². The zero-order valence-corrected chi connectivity index (χ0v) is 23.1. The Bertz CT molecular complexity index is 786. The molecule has 0 heterocycles. The predicted octanol–water partition coefficient (Wildman–Crippen LogP) is 7.61. The van der Waals surface area contributed by atoms with Crippen LogP contribution < -0.4 is 10.3 Å². The van der Waals surface area contributed by atoms with Crippen LogP contribution in [0.3, 0.4) is 0 Å². The number of aryl methyl sites for hydroxylation is 2. The van der Waals surface area contributed by atoms with Crippen molar-refractivity contribution in [3.63, 3.8) is 0 Å². The fraction of sp³-hybridized carbons (Fsp3) is 0.407. The van der Waals surface area contributed by atoms with E-state index < -0.39 is 0 Å². The quantitative estimate of drug-likeness (QED) is 0.290. The number of anilines is 1. The van der Waals surface area contributed by atoms with Gasteiger partial charge in [0.25, 0.3) is 0 Å². The average Bonchev–Trinajstić information content (AvgIpc) is 2.78. The molecule has 0 bridgehead atoms. The number of allylic oxidation sites excluding steroid dienone is 1. The molecule has 5 heteroatoms. The molecule has 1 atom stereocenters. The molecule has 2 aromatic carbocycles. The van der Waals surface area contributed by atoms with Crippen LogP contribution in [-0.4, -0.2) is 24.6 Å². The van der Waals surface area contributed by atoms with Gasteiger partial charge in [0, 0.05) is 25.2 Å². The van der Waals surface area contributed by atoms with Gasteiger partial charge < -0.3 is 5.11 Å². The summed E-state index contributed by atoms with van der Waals surface area (Å²) in [5.41, 5.74) is 5.50. The molecule has 0 saturated heterocycles. The summed E-state index contributed by atoms with van der Waals surface area (Å²) < 4.78 is 0. The number of hydrogen-bond acceptors (Lipinski definition) is 4. The van der Waals surface area contributed by atoms with Crippen molar-refractivity contribution in [1.82, 2.24) is 0 Å². The van der Waals surface area contributed by atoms with Crippen LogP contribution in [0.4, 0.5) is 11.4 Å². The van der Waals surface area contributed by atoms with Crippen LogP contribution in [0.1, 0.15) is 66.0 Å². The Morgan fingerprint density at radius 2 is 1.59 bits per heavy atom. The molecule has 1 unspecified atom stereocenters. The van der Waals surface area contributed by atoms with Gasteiger partial charge in [-0.1, -0.05) is 65.0 Å². The zero-order valence-electron chi connectivity index (χ0n) is 22.0. The Hall–Kier alpha value is -2.29. The van der Waals surface area contributed by atoms with Crippen molar-refractivity contribution in [1.29, 1.82) is 0 Å². The van der Waals surface area contributed by atoms with E-state index in [0.29, 0.717) is 0 Å². The molecule has 2 aromatic rings. The molecule has 0 spiro atoms. The molecule has 2 rings (SSSR count). The van der Waals surface area contributed by atoms with E-state index in [1.807, 2.05) is 70.1 Å². The van der Waals surface area contributed by atoms with Crippen LogP contribution >= 0.6 is 9.24 Å². The summed E-state index contributed by atoms with van der Waals surface area (Å²) in [6, 6.07) is 14.4. The van der Waals surface area contributed by atoms with Crippen molar-refractivity contribution in [2.45, 2.75) is 68.7 Å². The molecule has 0 aliphatic rings. The maximum Gasteiger partial charge on any atom is 0.0657 e. The molecule has 0 aliphatic carbocycles. The lowest BCUT2D eigenvalue weighted by Gasteiger charge is -2.18. The van der Waals surface area contributed by atoms with Gasteiger partial charge in [0.2, 0.25) is 0 Å². The van der Waals surface area contributed by atoms with E-state index in [2.05, 4.69) is 71.8 Å². The molecule has 180 valence electrons. The Labute approximate surface area is 200 Å². The maximum absolute atomic E-state index is 7.00. The number of hydrazone groups is 1. The fourth-order valence-electron chi connectivity index (χ4n) is 2.16. The van der Waals surface area contributed by atoms with E-state index in [0.717, 1.165) is 29.5 Å². The molecule has 0 aliphatic heterocycles. The molecule has 0 aromatic heterocycles. The van der Waals surface area contributed by atoms with Crippen molar-refractivity contribution in [3.05, 3.63) is 65.9 Å². The summed E-state index contributed by atoms with van der Waals surface area (Å²) in [6.07, 6.45) is 4.83. The fourth-order valence-corrected chi connectivity index (χ4v) is 2.44. The van der Waals surface area contributed by atoms with Crippen molar-refractivity contribution in [3.8, 4) is 0 Å². The summed E-state index contributed by atoms with van der Waals surface area (Å²) >= 11 is 0. The monoisotopic (exact) mass is 459 g/mol. The van der Waals surface area contributed by atoms with E-state index in [1.165, 1.54) is 17.5 Å². The molecule has 1 N–H and O–H groups in total. The van der Waals surface area contributed by atoms with Crippen LogP contribution in [0.5, 0.6) is 0 Å². The summed E-state index contributed by atoms with van der Waals surface area (Å²) in [4.78, 5) is 4.24. The second-order valence-corrected chi connectivity index (χ2v) is 7.07. The number of aliphatic hydroxyl groups excluding tert-OH is 1. The summed E-state index contributed by atoms with van der Waals surface area (Å²) in [5.74, 6) is 0. The summed E-state index contributed by atoms with van der Waals surface area (Å²) in [7, 11) is 3.67. The van der Waals surface area contributed by atoms with E-state index >= 15 is 0 Å². The highest BCUT2D eigenvalue weighted by atomic mass is 31.0. The number of aliphatic hydroxyl groups is 1. The number of aliphatic imine (C=N–C) groups is 1. The largest absolute Gasteiger partial charge is 0.400 e. The highest BCUT2D eigenvalue weighted by molar-refractivity contribution is 7.27. The Morgan fingerprint density at radius 3 is 2.03 bits per heavy atom. The third kappa shape index (κ3) is 16.4. The molecule has 0 saturated carbocycles. The third-order valence-corrected chi connectivity index (χ3v) is 3.70. The topological polar surface area (TPSA) is 48.2 Å². The predicted molar refractivity (Wildman–Crippen MR) is 152 cm³/mol. The number of benzene rings is 2. The highest BCUT2D eigenvalue weighted by Gasteiger charge is 2.03. The van der Waals surface area contributed by atoms with Gasteiger partial charge in [-0.2, -0.15) is 5.10 Å². The van der Waals surface area contributed by atoms with Gasteiger partial charge in [0.1, 0.15) is 0 Å². The molecular weight excluding hydrogens is 413 g/mol. The van der Waals surface area contributed by atoms with Crippen molar-refractivity contribution in [2.75, 3.05) is 12.1 Å². The molecular formula is C27H46N3OP. The lowest BCUT2D eigenvalue weighted by molar-refractivity contribution is 0.399. The minimum Gasteiger partial charge on any atom is -0.400 e. The standard InChI is InChI=1S/C11H15N2P.C10H13N.C3H8.C2H6.CH4O/c1-4-12-13(9(2)3)10-6-5-7-11(14)8-10;1-4-11-10-7-8(2)5-6-9(10)3;1-3-2;2*1-2/h4-8H,2,14H2,1,3H3;4-7H,1-3H3;3H2,1-2H3;1-2H3;2H,1H3/b12-4-;;;;. The van der Waals surface area contributed by atoms with E-state index in [9.17, 15) is 0 Å². The minimum atomic E-state index is 0.902. The van der Waals surface area contributed by atoms with Crippen LogP contribution in [0.2, 0.25) is 0 Å². The van der Waals surface area contributed by atoms with Crippen molar-refractivity contribution in [2.24, 2.45) is 10.1 Å². The average molecular weight is 460 g/mol. The van der Waals surface area contributed by atoms with Gasteiger partial charge >= 0.3 is 0 Å². The molecule has 0 fully saturated rings. The normalized spacial score (nSPS) is 9.25. The molecule has 0 radical (unpaired) electrons. The van der Waals surface area contributed by atoms with Crippen LogP contribution in [0, 0.1) is 13.8 Å². The van der Waals surface area contributed by atoms with Crippen LogP contribution in [0.25, 0.3) is 0 Å². The zero-order chi connectivity index (χ0) is 25.5. The van der Waals surface area contributed by atoms with Gasteiger partial charge in [-0.05, 0) is 69.2 Å². The lowest BCUT2D eigenvalue weighted by Crippen LogP contribution is -2.13. The van der Waals surface area contributed by atoms with E-state index in [4.69, 9.17) is 5.11 Å². The van der Waals surface area contributed by atoms with Crippen LogP contribution in [-0.2, 0) is 0 Å². The van der Waals surface area contributed by atoms with Gasteiger partial charge in [-0.25, -0.2) is 5.01 Å². The second kappa shape index (κ2) is 23.4. The first-order valence-electron chi connectivity index (χ1n) is 11.1. The van der Waals surface area contributed by atoms with E-state index in [-0.39, 0.29) is 0 Å². The van der Waals surface area contributed by atoms with Gasteiger partial charge in [-0.3, -0.25) is 4.99 Å². The summed E-state index contributed by atoms with van der Waals surface area (Å²) in [6.45, 7) is 22.0. The first kappa shape index (κ1) is 34.3. The van der Waals surface area contributed by atoms with Crippen LogP contribution in [0.15, 0.2) is 64.8 Å². The number of nitrogens with zero attached hydrogens (tertiary/aromatic N) is 3. The third-order valence-electron chi connectivity index (χ3n) is 3.34. The molecule has 32 heavy (non-hydrogen) atoms. The molecule has 4 nitrogen and oxygen atoms in total. The second-order valence-electron chi connectivity index (χ2n) is 6.40. The number of hydrogen-bond donors (Lipinski definition) is 1. The number of rotatable bonds is 4. The Balaban J connectivity index is -0.000000417. The first-order valence-corrected chi connectivity index (χ1v) is 11.7. The summed E-state index contributed by atoms with van der Waals surface area (Å²) in [5, 5.41) is 14.2. The molecule has 0 amide bonds.